The maximum Gasteiger partial charge on any atom is 0.255 e. The van der Waals surface area contributed by atoms with E-state index in [1.165, 1.54) is 9.75 Å². The van der Waals surface area contributed by atoms with E-state index in [1.807, 2.05) is 13.0 Å². The highest BCUT2D eigenvalue weighted by molar-refractivity contribution is 7.12. The maximum absolute atomic E-state index is 12.8. The summed E-state index contributed by atoms with van der Waals surface area (Å²) in [5.41, 5.74) is 3.46. The van der Waals surface area contributed by atoms with Gasteiger partial charge in [-0.1, -0.05) is 0 Å². The monoisotopic (exact) mass is 411 g/mol. The average Bonchev–Trinajstić information content (AvgIpc) is 3.33. The molecule has 0 aliphatic heterocycles. The lowest BCUT2D eigenvalue weighted by molar-refractivity contribution is 0.0904. The highest BCUT2D eigenvalue weighted by Crippen LogP contribution is 2.42. The summed E-state index contributed by atoms with van der Waals surface area (Å²) in [5, 5.41) is 7.46. The summed E-state index contributed by atoms with van der Waals surface area (Å²) in [4.78, 5) is 24.5. The second kappa shape index (κ2) is 8.04. The minimum Gasteiger partial charge on any atom is -0.383 e. The number of aryl methyl sites for hydroxylation is 2. The van der Waals surface area contributed by atoms with Crippen LogP contribution in [0.15, 0.2) is 24.5 Å². The first-order chi connectivity index (χ1) is 14.0. The third-order valence-electron chi connectivity index (χ3n) is 4.96. The fourth-order valence-electron chi connectivity index (χ4n) is 3.52. The molecular weight excluding hydrogens is 386 g/mol. The zero-order valence-corrected chi connectivity index (χ0v) is 17.9. The van der Waals surface area contributed by atoms with Crippen molar-refractivity contribution in [1.29, 1.82) is 0 Å². The molecule has 3 aromatic heterocycles. The van der Waals surface area contributed by atoms with Crippen molar-refractivity contribution in [2.24, 2.45) is 0 Å². The van der Waals surface area contributed by atoms with E-state index < -0.39 is 0 Å². The number of hydrogen-bond donors (Lipinski definition) is 1. The minimum absolute atomic E-state index is 0.0766. The maximum atomic E-state index is 12.8. The Morgan fingerprint density at radius 2 is 2.21 bits per heavy atom. The van der Waals surface area contributed by atoms with E-state index in [-0.39, 0.29) is 11.9 Å². The van der Waals surface area contributed by atoms with Gasteiger partial charge in [0.1, 0.15) is 0 Å². The van der Waals surface area contributed by atoms with Crippen LogP contribution >= 0.6 is 11.3 Å². The Morgan fingerprint density at radius 3 is 2.86 bits per heavy atom. The van der Waals surface area contributed by atoms with Crippen molar-refractivity contribution in [1.82, 2.24) is 25.1 Å². The zero-order chi connectivity index (χ0) is 20.5. The van der Waals surface area contributed by atoms with Gasteiger partial charge >= 0.3 is 0 Å². The molecule has 0 saturated heterocycles. The molecule has 0 bridgehead atoms. The quantitative estimate of drug-likeness (QED) is 0.642. The van der Waals surface area contributed by atoms with Gasteiger partial charge in [-0.3, -0.25) is 4.79 Å². The van der Waals surface area contributed by atoms with Gasteiger partial charge in [0.05, 0.1) is 29.8 Å². The van der Waals surface area contributed by atoms with Crippen molar-refractivity contribution < 1.29 is 9.53 Å². The van der Waals surface area contributed by atoms with Crippen molar-refractivity contribution in [3.63, 3.8) is 0 Å². The number of carbonyl (C=O) groups excluding carboxylic acids is 1. The van der Waals surface area contributed by atoms with Crippen LogP contribution in [0.25, 0.3) is 17.2 Å². The van der Waals surface area contributed by atoms with Crippen molar-refractivity contribution >= 4 is 17.2 Å². The Morgan fingerprint density at radius 1 is 1.41 bits per heavy atom. The molecule has 0 aromatic carbocycles. The lowest BCUT2D eigenvalue weighted by Gasteiger charge is -2.13. The van der Waals surface area contributed by atoms with Crippen LogP contribution in [-0.4, -0.2) is 45.4 Å². The van der Waals surface area contributed by atoms with E-state index in [0.29, 0.717) is 24.0 Å². The van der Waals surface area contributed by atoms with Crippen LogP contribution in [-0.2, 0) is 4.74 Å². The molecule has 0 spiro atoms. The van der Waals surface area contributed by atoms with E-state index in [1.54, 1.807) is 35.5 Å². The molecule has 1 amide bonds. The van der Waals surface area contributed by atoms with Gasteiger partial charge in [0.15, 0.2) is 0 Å². The van der Waals surface area contributed by atoms with Crippen LogP contribution in [0.2, 0.25) is 0 Å². The second-order valence-corrected chi connectivity index (χ2v) is 8.99. The molecule has 1 N–H and O–H groups in total. The summed E-state index contributed by atoms with van der Waals surface area (Å²) in [5.74, 6) is 0.674. The van der Waals surface area contributed by atoms with Crippen molar-refractivity contribution in [2.45, 2.75) is 45.6 Å². The molecule has 1 aliphatic rings. The summed E-state index contributed by atoms with van der Waals surface area (Å²) in [6, 6.07) is 3.98. The molecule has 8 heteroatoms. The van der Waals surface area contributed by atoms with Gasteiger partial charge < -0.3 is 10.1 Å². The Hall–Kier alpha value is -2.58. The van der Waals surface area contributed by atoms with Crippen LogP contribution in [0.5, 0.6) is 0 Å². The van der Waals surface area contributed by atoms with Crippen LogP contribution < -0.4 is 5.32 Å². The van der Waals surface area contributed by atoms with Gasteiger partial charge in [0.25, 0.3) is 11.9 Å². The Labute approximate surface area is 174 Å². The summed E-state index contributed by atoms with van der Waals surface area (Å²) in [6.07, 6.45) is 5.46. The first kappa shape index (κ1) is 19.7. The first-order valence-corrected chi connectivity index (χ1v) is 10.6. The molecule has 0 radical (unpaired) electrons. The highest BCUT2D eigenvalue weighted by atomic mass is 32.1. The summed E-state index contributed by atoms with van der Waals surface area (Å²) in [6.45, 7) is 6.57. The predicted molar refractivity (Wildman–Crippen MR) is 113 cm³/mol. The molecule has 3 aromatic rings. The minimum atomic E-state index is -0.136. The van der Waals surface area contributed by atoms with Crippen molar-refractivity contribution in [3.05, 3.63) is 45.5 Å². The van der Waals surface area contributed by atoms with Gasteiger partial charge in [-0.2, -0.15) is 5.10 Å². The van der Waals surface area contributed by atoms with Crippen molar-refractivity contribution in [2.75, 3.05) is 13.7 Å². The lowest BCUT2D eigenvalue weighted by atomic mass is 10.1. The molecule has 0 unspecified atom stereocenters. The Kier molecular flexibility index (Phi) is 5.47. The second-order valence-electron chi connectivity index (χ2n) is 7.53. The van der Waals surface area contributed by atoms with Crippen LogP contribution in [0.3, 0.4) is 0 Å². The van der Waals surface area contributed by atoms with Crippen LogP contribution in [0.1, 0.15) is 51.5 Å². The van der Waals surface area contributed by atoms with E-state index in [4.69, 9.17) is 9.72 Å². The van der Waals surface area contributed by atoms with Crippen LogP contribution in [0, 0.1) is 13.8 Å². The SMILES string of the molecule is COC[C@@H](C)NC(=O)c1cnn(-c2nccc(-c3cc(C)sc3C)n2)c1C1CC1. The molecule has 152 valence electrons. The van der Waals surface area contributed by atoms with Gasteiger partial charge in [-0.15, -0.1) is 11.3 Å². The molecular formula is C21H25N5O2S. The van der Waals surface area contributed by atoms with E-state index in [0.717, 1.165) is 29.8 Å². The first-order valence-electron chi connectivity index (χ1n) is 9.76. The number of carbonyl (C=O) groups is 1. The molecule has 1 aliphatic carbocycles. The fourth-order valence-corrected chi connectivity index (χ4v) is 4.45. The molecule has 1 saturated carbocycles. The Bertz CT molecular complexity index is 1040. The highest BCUT2D eigenvalue weighted by Gasteiger charge is 2.33. The summed E-state index contributed by atoms with van der Waals surface area (Å²) < 4.78 is 6.84. The van der Waals surface area contributed by atoms with Gasteiger partial charge in [0, 0.05) is 40.6 Å². The lowest BCUT2D eigenvalue weighted by Crippen LogP contribution is -2.36. The number of hydrogen-bond acceptors (Lipinski definition) is 6. The fraction of sp³-hybridized carbons (Fsp3) is 0.429. The number of rotatable bonds is 7. The summed E-state index contributed by atoms with van der Waals surface area (Å²) in [7, 11) is 1.62. The third-order valence-corrected chi connectivity index (χ3v) is 5.92. The zero-order valence-electron chi connectivity index (χ0n) is 17.1. The van der Waals surface area contributed by atoms with Gasteiger partial charge in [0.2, 0.25) is 0 Å². The standard InChI is InChI=1S/C21H25N5O2S/c1-12(11-28-4)24-20(27)17-10-23-26(19(17)15-5-6-15)21-22-8-7-18(25-21)16-9-13(2)29-14(16)3/h7-10,12,15H,5-6,11H2,1-4H3,(H,24,27)/t12-/m1/s1. The number of thiophene rings is 1. The molecule has 3 heterocycles. The van der Waals surface area contributed by atoms with Gasteiger partial charge in [-0.25, -0.2) is 14.6 Å². The van der Waals surface area contributed by atoms with Crippen LogP contribution in [0.4, 0.5) is 0 Å². The topological polar surface area (TPSA) is 81.9 Å². The number of nitrogens with one attached hydrogen (secondary N) is 1. The Balaban J connectivity index is 1.69. The predicted octanol–water partition coefficient (Wildman–Crippen LogP) is 3.65. The number of aromatic nitrogens is 4. The van der Waals surface area contributed by atoms with E-state index >= 15 is 0 Å². The normalized spacial score (nSPS) is 14.8. The number of amides is 1. The van der Waals surface area contributed by atoms with Gasteiger partial charge in [-0.05, 0) is 45.7 Å². The molecule has 4 rings (SSSR count). The number of nitrogens with zero attached hydrogens (tertiary/aromatic N) is 4. The molecule has 29 heavy (non-hydrogen) atoms. The van der Waals surface area contributed by atoms with Crippen molar-refractivity contribution in [3.8, 4) is 17.2 Å². The van der Waals surface area contributed by atoms with E-state index in [9.17, 15) is 4.79 Å². The molecule has 1 atom stereocenters. The average molecular weight is 412 g/mol. The third kappa shape index (κ3) is 4.09. The molecule has 1 fully saturated rings. The molecule has 7 nitrogen and oxygen atoms in total. The smallest absolute Gasteiger partial charge is 0.255 e. The largest absolute Gasteiger partial charge is 0.383 e. The number of ether oxygens (including phenoxy) is 1. The summed E-state index contributed by atoms with van der Waals surface area (Å²) >= 11 is 1.76. The number of methoxy groups -OCH3 is 1. The van der Waals surface area contributed by atoms with E-state index in [2.05, 4.69) is 35.3 Å².